The molecule has 0 unspecified atom stereocenters. The molecule has 0 saturated carbocycles. The Bertz CT molecular complexity index is 1020. The molecule has 0 spiro atoms. The number of rotatable bonds is 18. The van der Waals surface area contributed by atoms with E-state index < -0.39 is 72.2 Å². The fourth-order valence-corrected chi connectivity index (χ4v) is 4.79. The Morgan fingerprint density at radius 2 is 1.49 bits per heavy atom. The lowest BCUT2D eigenvalue weighted by molar-refractivity contribution is -0.144. The number of carbonyl (C=O) groups is 6. The number of carboxylic acids is 2. The van der Waals surface area contributed by atoms with Crippen molar-refractivity contribution >= 4 is 41.5 Å². The molecule has 5 atom stereocenters. The van der Waals surface area contributed by atoms with Crippen LogP contribution in [0.2, 0.25) is 0 Å². The van der Waals surface area contributed by atoms with Gasteiger partial charge in [0.05, 0.1) is 12.5 Å². The lowest BCUT2D eigenvalue weighted by atomic mass is 10.00. The Kier molecular flexibility index (Phi) is 15.4. The van der Waals surface area contributed by atoms with Gasteiger partial charge in [-0.3, -0.25) is 29.4 Å². The molecule has 0 aromatic heterocycles. The highest BCUT2D eigenvalue weighted by Crippen LogP contribution is 2.21. The minimum absolute atomic E-state index is 0.00274. The van der Waals surface area contributed by atoms with Crippen molar-refractivity contribution < 1.29 is 39.0 Å². The number of guanidine groups is 1. The molecule has 1 rings (SSSR count). The molecule has 0 aliphatic carbocycles. The number of nitrogens with one attached hydrogen (secondary N) is 5. The van der Waals surface area contributed by atoms with Crippen LogP contribution in [0.25, 0.3) is 0 Å². The zero-order valence-corrected chi connectivity index (χ0v) is 25.4. The van der Waals surface area contributed by atoms with Gasteiger partial charge in [0, 0.05) is 13.1 Å². The first-order chi connectivity index (χ1) is 20.0. The molecule has 0 radical (unpaired) electrons. The molecule has 1 heterocycles. The Hall–Kier alpha value is -3.95. The van der Waals surface area contributed by atoms with Crippen molar-refractivity contribution in [1.29, 1.82) is 5.41 Å². The molecular formula is C27H48N8O8. The third-order valence-corrected chi connectivity index (χ3v) is 6.83. The largest absolute Gasteiger partial charge is 0.481 e. The summed E-state index contributed by atoms with van der Waals surface area (Å²) in [6, 6.07) is -5.67. The number of hydrogen-bond donors (Lipinski definition) is 9. The Labute approximate surface area is 251 Å². The number of nitrogens with two attached hydrogens (primary N) is 2. The Balaban J connectivity index is 3.10. The molecule has 1 aliphatic heterocycles. The summed E-state index contributed by atoms with van der Waals surface area (Å²) < 4.78 is 0. The Morgan fingerprint density at radius 3 is 2.02 bits per heavy atom. The maximum atomic E-state index is 13.6. The van der Waals surface area contributed by atoms with E-state index in [1.165, 1.54) is 4.90 Å². The SMILES string of the molecule is CC(C)C[C@H](NC(=O)[C@H](CC(C)C)NC(=O)[C@@H]1CCCN1C(=O)[C@H](CCCNC(=N)N)NC(=O)[C@@H](N)CC(=O)O)C(=O)O. The first kappa shape index (κ1) is 37.1. The van der Waals surface area contributed by atoms with Crippen LogP contribution in [0.3, 0.4) is 0 Å². The zero-order valence-electron chi connectivity index (χ0n) is 25.4. The smallest absolute Gasteiger partial charge is 0.326 e. The van der Waals surface area contributed by atoms with Gasteiger partial charge in [0.25, 0.3) is 0 Å². The van der Waals surface area contributed by atoms with Crippen LogP contribution in [0.15, 0.2) is 0 Å². The molecule has 244 valence electrons. The van der Waals surface area contributed by atoms with Gasteiger partial charge in [-0.05, 0) is 50.4 Å². The average Bonchev–Trinajstić information content (AvgIpc) is 3.38. The quantitative estimate of drug-likeness (QED) is 0.0497. The van der Waals surface area contributed by atoms with Gasteiger partial charge in [0.15, 0.2) is 5.96 Å². The van der Waals surface area contributed by atoms with E-state index in [4.69, 9.17) is 22.0 Å². The molecule has 1 saturated heterocycles. The molecule has 43 heavy (non-hydrogen) atoms. The number of likely N-dealkylation sites (tertiary alicyclic amines) is 1. The second-order valence-corrected chi connectivity index (χ2v) is 11.7. The lowest BCUT2D eigenvalue weighted by Crippen LogP contribution is -2.58. The van der Waals surface area contributed by atoms with E-state index in [-0.39, 0.29) is 50.1 Å². The van der Waals surface area contributed by atoms with E-state index >= 15 is 0 Å². The minimum Gasteiger partial charge on any atom is -0.481 e. The average molecular weight is 613 g/mol. The summed E-state index contributed by atoms with van der Waals surface area (Å²) in [4.78, 5) is 76.8. The van der Waals surface area contributed by atoms with Gasteiger partial charge >= 0.3 is 11.9 Å². The highest BCUT2D eigenvalue weighted by molar-refractivity contribution is 5.96. The fourth-order valence-electron chi connectivity index (χ4n) is 4.79. The fraction of sp³-hybridized carbons (Fsp3) is 0.741. The van der Waals surface area contributed by atoms with Crippen LogP contribution in [0.1, 0.15) is 72.6 Å². The molecule has 0 aromatic carbocycles. The Morgan fingerprint density at radius 1 is 0.907 bits per heavy atom. The van der Waals surface area contributed by atoms with Crippen molar-refractivity contribution in [3.63, 3.8) is 0 Å². The van der Waals surface area contributed by atoms with Crippen molar-refractivity contribution in [2.45, 2.75) is 103 Å². The summed E-state index contributed by atoms with van der Waals surface area (Å²) in [7, 11) is 0. The number of nitrogens with zero attached hydrogens (tertiary/aromatic N) is 1. The van der Waals surface area contributed by atoms with Crippen LogP contribution >= 0.6 is 0 Å². The van der Waals surface area contributed by atoms with Gasteiger partial charge in [-0.1, -0.05) is 27.7 Å². The molecule has 1 aliphatic rings. The van der Waals surface area contributed by atoms with E-state index in [1.807, 2.05) is 27.7 Å². The topological polar surface area (TPSA) is 270 Å². The van der Waals surface area contributed by atoms with Crippen LogP contribution in [0.5, 0.6) is 0 Å². The number of carbonyl (C=O) groups excluding carboxylic acids is 4. The first-order valence-corrected chi connectivity index (χ1v) is 14.5. The van der Waals surface area contributed by atoms with Crippen molar-refractivity contribution in [2.24, 2.45) is 23.3 Å². The summed E-state index contributed by atoms with van der Waals surface area (Å²) >= 11 is 0. The minimum atomic E-state index is -1.40. The van der Waals surface area contributed by atoms with Crippen LogP contribution in [-0.4, -0.2) is 99.9 Å². The predicted octanol–water partition coefficient (Wildman–Crippen LogP) is -1.33. The second kappa shape index (κ2) is 17.9. The van der Waals surface area contributed by atoms with Crippen LogP contribution in [0, 0.1) is 17.2 Å². The second-order valence-electron chi connectivity index (χ2n) is 11.7. The first-order valence-electron chi connectivity index (χ1n) is 14.5. The summed E-state index contributed by atoms with van der Waals surface area (Å²) in [5.74, 6) is -5.41. The molecule has 16 heteroatoms. The maximum absolute atomic E-state index is 13.6. The number of amides is 4. The summed E-state index contributed by atoms with van der Waals surface area (Å²) in [5.41, 5.74) is 11.0. The van der Waals surface area contributed by atoms with E-state index in [0.717, 1.165) is 0 Å². The van der Waals surface area contributed by atoms with Crippen molar-refractivity contribution in [1.82, 2.24) is 26.2 Å². The van der Waals surface area contributed by atoms with Crippen LogP contribution in [0.4, 0.5) is 0 Å². The molecule has 0 bridgehead atoms. The van der Waals surface area contributed by atoms with Crippen molar-refractivity contribution in [3.8, 4) is 0 Å². The number of carboxylic acid groups (broad SMARTS) is 2. The van der Waals surface area contributed by atoms with Gasteiger partial charge in [-0.15, -0.1) is 0 Å². The highest BCUT2D eigenvalue weighted by Gasteiger charge is 2.39. The predicted molar refractivity (Wildman–Crippen MR) is 156 cm³/mol. The standard InChI is InChI=1S/C27H48N8O8/c1-14(2)11-18(23(39)34-19(26(42)43)12-15(3)4)33-24(40)20-8-6-10-35(20)25(41)17(7-5-9-31-27(29)30)32-22(38)16(28)13-21(36)37/h14-20H,5-13,28H2,1-4H3,(H,32,38)(H,33,40)(H,34,39)(H,36,37)(H,42,43)(H4,29,30,31)/t16-,17-,18-,19-,20-/m0/s1. The van der Waals surface area contributed by atoms with Crippen LogP contribution < -0.4 is 32.7 Å². The molecule has 0 aromatic rings. The molecular weight excluding hydrogens is 564 g/mol. The molecule has 16 nitrogen and oxygen atoms in total. The van der Waals surface area contributed by atoms with E-state index in [0.29, 0.717) is 19.3 Å². The van der Waals surface area contributed by atoms with Gasteiger partial charge in [0.2, 0.25) is 23.6 Å². The van der Waals surface area contributed by atoms with E-state index in [2.05, 4.69) is 21.3 Å². The third-order valence-electron chi connectivity index (χ3n) is 6.83. The summed E-state index contributed by atoms with van der Waals surface area (Å²) in [6.07, 6.45) is 0.948. The molecule has 1 fully saturated rings. The van der Waals surface area contributed by atoms with Gasteiger partial charge < -0.3 is 47.8 Å². The molecule has 4 amide bonds. The molecule has 11 N–H and O–H groups in total. The lowest BCUT2D eigenvalue weighted by Gasteiger charge is -2.31. The van der Waals surface area contributed by atoms with Gasteiger partial charge in [-0.2, -0.15) is 0 Å². The zero-order chi connectivity index (χ0) is 32.9. The van der Waals surface area contributed by atoms with Crippen molar-refractivity contribution in [3.05, 3.63) is 0 Å². The van der Waals surface area contributed by atoms with Crippen molar-refractivity contribution in [2.75, 3.05) is 13.1 Å². The van der Waals surface area contributed by atoms with E-state index in [9.17, 15) is 33.9 Å². The number of hydrogen-bond acceptors (Lipinski definition) is 8. The van der Waals surface area contributed by atoms with Gasteiger partial charge in [-0.25, -0.2) is 4.79 Å². The summed E-state index contributed by atoms with van der Waals surface area (Å²) in [6.45, 7) is 7.79. The third kappa shape index (κ3) is 13.3. The summed E-state index contributed by atoms with van der Waals surface area (Å²) in [5, 5.41) is 36.1. The normalized spacial score (nSPS) is 17.5. The number of aliphatic carboxylic acids is 2. The van der Waals surface area contributed by atoms with Gasteiger partial charge in [0.1, 0.15) is 24.2 Å². The van der Waals surface area contributed by atoms with Crippen LogP contribution in [-0.2, 0) is 28.8 Å². The maximum Gasteiger partial charge on any atom is 0.326 e. The van der Waals surface area contributed by atoms with E-state index in [1.54, 1.807) is 0 Å². The highest BCUT2D eigenvalue weighted by atomic mass is 16.4. The monoisotopic (exact) mass is 612 g/mol.